The molecule has 27 heavy (non-hydrogen) atoms. The molecule has 1 N–H and O–H groups in total. The molecule has 0 spiro atoms. The van der Waals surface area contributed by atoms with Gasteiger partial charge >= 0.3 is 0 Å². The summed E-state index contributed by atoms with van der Waals surface area (Å²) in [7, 11) is 1.72. The Kier molecular flexibility index (Phi) is 9.01. The van der Waals surface area contributed by atoms with Gasteiger partial charge in [-0.3, -0.25) is 4.90 Å². The van der Waals surface area contributed by atoms with E-state index < -0.39 is 5.60 Å². The molecule has 0 unspecified atom stereocenters. The number of aliphatic hydroxyl groups is 1. The molecule has 0 aliphatic heterocycles. The quantitative estimate of drug-likeness (QED) is 0.456. The normalized spacial score (nSPS) is 11.8. The molecule has 0 aliphatic carbocycles. The average molecular weight is 390 g/mol. The van der Waals surface area contributed by atoms with E-state index in [9.17, 15) is 5.11 Å². The minimum absolute atomic E-state index is 0.597. The molecule has 2 rings (SSSR count). The van der Waals surface area contributed by atoms with Crippen LogP contribution in [0.2, 0.25) is 0 Å². The molecule has 5 heteroatoms. The number of hydrogen-bond donors (Lipinski definition) is 1. The monoisotopic (exact) mass is 389 g/mol. The van der Waals surface area contributed by atoms with Crippen molar-refractivity contribution in [1.29, 1.82) is 0 Å². The third kappa shape index (κ3) is 6.78. The zero-order chi connectivity index (χ0) is 19.5. The Bertz CT molecular complexity index is 666. The number of thiophene rings is 1. The van der Waals surface area contributed by atoms with Gasteiger partial charge in [-0.05, 0) is 60.2 Å². The van der Waals surface area contributed by atoms with E-state index in [2.05, 4.69) is 34.9 Å². The van der Waals surface area contributed by atoms with Crippen molar-refractivity contribution in [3.8, 4) is 0 Å². The van der Waals surface area contributed by atoms with Gasteiger partial charge in [0, 0.05) is 20.2 Å². The maximum Gasteiger partial charge on any atom is 0.135 e. The van der Waals surface area contributed by atoms with Gasteiger partial charge in [-0.2, -0.15) is 11.3 Å². The number of nitrogens with zero attached hydrogens (tertiary/aromatic N) is 1. The van der Waals surface area contributed by atoms with Crippen LogP contribution in [0.1, 0.15) is 42.8 Å². The van der Waals surface area contributed by atoms with Crippen LogP contribution >= 0.6 is 11.3 Å². The number of rotatable bonds is 14. The van der Waals surface area contributed by atoms with Gasteiger partial charge in [0.2, 0.25) is 0 Å². The lowest BCUT2D eigenvalue weighted by atomic mass is 9.89. The standard InChI is InChI=1S/C22H31NO3S/c1-4-6-11-22(24,12-7-5-2)21-9-8-20(26-21)17-23(13-14-25-3)16-19-10-15-27-18-19/h4-5,8-10,15,18,24H,1-2,6-7,11-14,16-17H2,3H3. The van der Waals surface area contributed by atoms with Gasteiger partial charge in [-0.1, -0.05) is 12.2 Å². The van der Waals surface area contributed by atoms with E-state index in [1.807, 2.05) is 24.3 Å². The van der Waals surface area contributed by atoms with Crippen LogP contribution in [-0.2, 0) is 23.4 Å². The highest BCUT2D eigenvalue weighted by atomic mass is 32.1. The van der Waals surface area contributed by atoms with E-state index in [1.54, 1.807) is 18.4 Å². The minimum atomic E-state index is -0.981. The van der Waals surface area contributed by atoms with Crippen molar-refractivity contribution in [3.05, 3.63) is 71.4 Å². The lowest BCUT2D eigenvalue weighted by Gasteiger charge is -2.25. The van der Waals surface area contributed by atoms with Crippen molar-refractivity contribution in [2.75, 3.05) is 20.3 Å². The summed E-state index contributed by atoms with van der Waals surface area (Å²) in [5.41, 5.74) is 0.307. The van der Waals surface area contributed by atoms with Crippen LogP contribution in [0.3, 0.4) is 0 Å². The van der Waals surface area contributed by atoms with Crippen LogP contribution < -0.4 is 0 Å². The fourth-order valence-electron chi connectivity index (χ4n) is 3.06. The van der Waals surface area contributed by atoms with Crippen molar-refractivity contribution in [3.63, 3.8) is 0 Å². The molecule has 0 bridgehead atoms. The van der Waals surface area contributed by atoms with Crippen molar-refractivity contribution >= 4 is 11.3 Å². The first kappa shape index (κ1) is 21.6. The summed E-state index contributed by atoms with van der Waals surface area (Å²) in [6.45, 7) is 10.5. The highest BCUT2D eigenvalue weighted by Crippen LogP contribution is 2.33. The molecule has 0 aliphatic rings. The first-order valence-corrected chi connectivity index (χ1v) is 10.3. The van der Waals surface area contributed by atoms with Crippen LogP contribution in [0.25, 0.3) is 0 Å². The summed E-state index contributed by atoms with van der Waals surface area (Å²) >= 11 is 1.70. The Morgan fingerprint density at radius 1 is 1.19 bits per heavy atom. The topological polar surface area (TPSA) is 45.8 Å². The smallest absolute Gasteiger partial charge is 0.135 e. The van der Waals surface area contributed by atoms with Gasteiger partial charge in [0.1, 0.15) is 17.1 Å². The Hall–Kier alpha value is -1.66. The highest BCUT2D eigenvalue weighted by Gasteiger charge is 2.31. The molecule has 0 atom stereocenters. The van der Waals surface area contributed by atoms with Gasteiger partial charge in [0.05, 0.1) is 13.2 Å². The Labute approximate surface area is 166 Å². The fourth-order valence-corrected chi connectivity index (χ4v) is 3.72. The molecular weight excluding hydrogens is 358 g/mol. The third-order valence-corrected chi connectivity index (χ3v) is 5.35. The van der Waals surface area contributed by atoms with Crippen molar-refractivity contribution in [2.45, 2.75) is 44.4 Å². The summed E-state index contributed by atoms with van der Waals surface area (Å²) in [5, 5.41) is 15.4. The van der Waals surface area contributed by atoms with Crippen LogP contribution in [0.15, 0.2) is 58.7 Å². The van der Waals surface area contributed by atoms with Crippen LogP contribution in [0, 0.1) is 0 Å². The highest BCUT2D eigenvalue weighted by molar-refractivity contribution is 7.07. The Morgan fingerprint density at radius 2 is 1.93 bits per heavy atom. The van der Waals surface area contributed by atoms with Gasteiger partial charge in [0.15, 0.2) is 0 Å². The maximum absolute atomic E-state index is 11.1. The zero-order valence-electron chi connectivity index (χ0n) is 16.2. The second-order valence-corrected chi connectivity index (χ2v) is 7.57. The SMILES string of the molecule is C=CCCC(O)(CCC=C)c1ccc(CN(CCOC)Cc2ccsc2)o1. The van der Waals surface area contributed by atoms with Gasteiger partial charge in [-0.15, -0.1) is 13.2 Å². The molecule has 0 radical (unpaired) electrons. The lowest BCUT2D eigenvalue weighted by Crippen LogP contribution is -2.26. The summed E-state index contributed by atoms with van der Waals surface area (Å²) in [6, 6.07) is 6.01. The number of allylic oxidation sites excluding steroid dienone is 2. The first-order chi connectivity index (χ1) is 13.1. The maximum atomic E-state index is 11.1. The third-order valence-electron chi connectivity index (χ3n) is 4.62. The lowest BCUT2D eigenvalue weighted by molar-refractivity contribution is -0.00227. The van der Waals surface area contributed by atoms with E-state index in [4.69, 9.17) is 9.15 Å². The molecule has 0 fully saturated rings. The zero-order valence-corrected chi connectivity index (χ0v) is 17.0. The molecule has 148 valence electrons. The van der Waals surface area contributed by atoms with Crippen molar-refractivity contribution in [1.82, 2.24) is 4.90 Å². The fraction of sp³-hybridized carbons (Fsp3) is 0.455. The van der Waals surface area contributed by atoms with Crippen molar-refractivity contribution in [2.24, 2.45) is 0 Å². The van der Waals surface area contributed by atoms with Crippen LogP contribution in [0.5, 0.6) is 0 Å². The van der Waals surface area contributed by atoms with E-state index >= 15 is 0 Å². The molecule has 2 aromatic heterocycles. The Balaban J connectivity index is 2.09. The summed E-state index contributed by atoms with van der Waals surface area (Å²) < 4.78 is 11.3. The van der Waals surface area contributed by atoms with E-state index in [-0.39, 0.29) is 0 Å². The summed E-state index contributed by atoms with van der Waals surface area (Å²) in [4.78, 5) is 2.29. The summed E-state index contributed by atoms with van der Waals surface area (Å²) in [6.07, 6.45) is 6.33. The van der Waals surface area contributed by atoms with Gasteiger partial charge in [0.25, 0.3) is 0 Å². The van der Waals surface area contributed by atoms with Crippen LogP contribution in [-0.4, -0.2) is 30.3 Å². The largest absolute Gasteiger partial charge is 0.462 e. The molecule has 0 aromatic carbocycles. The average Bonchev–Trinajstić information content (AvgIpc) is 3.35. The predicted molar refractivity (Wildman–Crippen MR) is 112 cm³/mol. The van der Waals surface area contributed by atoms with E-state index in [0.717, 1.165) is 31.7 Å². The minimum Gasteiger partial charge on any atom is -0.462 e. The molecule has 0 saturated heterocycles. The molecule has 4 nitrogen and oxygen atoms in total. The molecule has 2 heterocycles. The summed E-state index contributed by atoms with van der Waals surface area (Å²) in [5.74, 6) is 1.48. The molecule has 2 aromatic rings. The number of furan rings is 1. The van der Waals surface area contributed by atoms with Crippen LogP contribution in [0.4, 0.5) is 0 Å². The van der Waals surface area contributed by atoms with Gasteiger partial charge in [-0.25, -0.2) is 0 Å². The first-order valence-electron chi connectivity index (χ1n) is 9.37. The molecule has 0 amide bonds. The predicted octanol–water partition coefficient (Wildman–Crippen LogP) is 5.11. The second-order valence-electron chi connectivity index (χ2n) is 6.79. The molecule has 0 saturated carbocycles. The number of hydrogen-bond acceptors (Lipinski definition) is 5. The van der Waals surface area contributed by atoms with E-state index in [1.165, 1.54) is 5.56 Å². The Morgan fingerprint density at radius 3 is 2.52 bits per heavy atom. The number of ether oxygens (including phenoxy) is 1. The molecular formula is C22H31NO3S. The second kappa shape index (κ2) is 11.2. The van der Waals surface area contributed by atoms with E-state index in [0.29, 0.717) is 31.8 Å². The number of methoxy groups -OCH3 is 1. The van der Waals surface area contributed by atoms with Crippen molar-refractivity contribution < 1.29 is 14.3 Å². The van der Waals surface area contributed by atoms with Gasteiger partial charge < -0.3 is 14.3 Å².